The Balaban J connectivity index is 1.69. The Kier molecular flexibility index (Phi) is 5.68. The first-order valence-electron chi connectivity index (χ1n) is 9.52. The molecular weight excluding hydrogens is 346 g/mol. The van der Waals surface area contributed by atoms with Crippen LogP contribution in [0.5, 0.6) is 5.75 Å². The van der Waals surface area contributed by atoms with Gasteiger partial charge < -0.3 is 15.4 Å². The molecule has 0 spiro atoms. The summed E-state index contributed by atoms with van der Waals surface area (Å²) in [5, 5.41) is 5.70. The molecule has 0 radical (unpaired) electrons. The van der Waals surface area contributed by atoms with E-state index < -0.39 is 17.5 Å². The van der Waals surface area contributed by atoms with Gasteiger partial charge in [0.15, 0.2) is 0 Å². The Morgan fingerprint density at radius 2 is 1.96 bits per heavy atom. The zero-order valence-corrected chi connectivity index (χ0v) is 15.9. The molecule has 1 aromatic rings. The topological polar surface area (TPSA) is 87.7 Å². The summed E-state index contributed by atoms with van der Waals surface area (Å²) in [4.78, 5) is 38.7. The van der Waals surface area contributed by atoms with E-state index in [0.717, 1.165) is 30.6 Å². The first-order valence-corrected chi connectivity index (χ1v) is 9.52. The molecule has 0 unspecified atom stereocenters. The maximum absolute atomic E-state index is 12.9. The number of nitrogens with one attached hydrogen (secondary N) is 2. The van der Waals surface area contributed by atoms with Gasteiger partial charge in [-0.1, -0.05) is 37.8 Å². The molecule has 1 aromatic carbocycles. The van der Waals surface area contributed by atoms with Crippen molar-refractivity contribution in [2.75, 3.05) is 13.7 Å². The summed E-state index contributed by atoms with van der Waals surface area (Å²) in [6.07, 6.45) is 6.49. The van der Waals surface area contributed by atoms with E-state index in [9.17, 15) is 14.4 Å². The highest BCUT2D eigenvalue weighted by Crippen LogP contribution is 2.30. The van der Waals surface area contributed by atoms with Crippen molar-refractivity contribution in [3.63, 3.8) is 0 Å². The van der Waals surface area contributed by atoms with Crippen molar-refractivity contribution >= 4 is 17.8 Å². The molecule has 27 heavy (non-hydrogen) atoms. The zero-order valence-electron chi connectivity index (χ0n) is 15.9. The van der Waals surface area contributed by atoms with Gasteiger partial charge in [-0.3, -0.25) is 14.5 Å². The Morgan fingerprint density at radius 1 is 1.26 bits per heavy atom. The number of nitrogens with zero attached hydrogens (tertiary/aromatic N) is 1. The number of urea groups is 1. The number of hydrogen-bond acceptors (Lipinski definition) is 4. The van der Waals surface area contributed by atoms with Crippen LogP contribution < -0.4 is 15.4 Å². The van der Waals surface area contributed by atoms with Crippen LogP contribution in [0.25, 0.3) is 0 Å². The first kappa shape index (κ1) is 19.2. The predicted molar refractivity (Wildman–Crippen MR) is 100 cm³/mol. The van der Waals surface area contributed by atoms with Gasteiger partial charge in [0.05, 0.1) is 7.11 Å². The third-order valence-electron chi connectivity index (χ3n) is 5.44. The van der Waals surface area contributed by atoms with Crippen LogP contribution in [0, 0.1) is 0 Å². The Hall–Kier alpha value is -2.57. The number of benzene rings is 1. The molecule has 7 heteroatoms. The quantitative estimate of drug-likeness (QED) is 0.612. The number of carbonyl (C=O) groups excluding carboxylic acids is 3. The number of amides is 4. The fourth-order valence-corrected chi connectivity index (χ4v) is 3.81. The zero-order chi connectivity index (χ0) is 19.4. The van der Waals surface area contributed by atoms with Crippen molar-refractivity contribution in [1.82, 2.24) is 15.5 Å². The molecule has 1 saturated carbocycles. The molecule has 1 atom stereocenters. The highest BCUT2D eigenvalue weighted by molar-refractivity contribution is 6.09. The average Bonchev–Trinajstić information content (AvgIpc) is 2.85. The molecule has 4 amide bonds. The molecule has 0 bridgehead atoms. The number of imide groups is 1. The van der Waals surface area contributed by atoms with Crippen LogP contribution in [0.1, 0.15) is 51.0 Å². The largest absolute Gasteiger partial charge is 0.497 e. The van der Waals surface area contributed by atoms with E-state index in [1.54, 1.807) is 38.3 Å². The molecule has 1 aliphatic carbocycles. The summed E-state index contributed by atoms with van der Waals surface area (Å²) in [7, 11) is 1.54. The maximum Gasteiger partial charge on any atom is 0.325 e. The van der Waals surface area contributed by atoms with E-state index in [2.05, 4.69) is 10.6 Å². The van der Waals surface area contributed by atoms with Gasteiger partial charge in [-0.2, -0.15) is 0 Å². The second-order valence-corrected chi connectivity index (χ2v) is 7.43. The summed E-state index contributed by atoms with van der Waals surface area (Å²) >= 11 is 0. The average molecular weight is 373 g/mol. The van der Waals surface area contributed by atoms with Gasteiger partial charge in [0.25, 0.3) is 5.91 Å². The highest BCUT2D eigenvalue weighted by atomic mass is 16.5. The van der Waals surface area contributed by atoms with Gasteiger partial charge in [-0.25, -0.2) is 4.79 Å². The molecule has 2 N–H and O–H groups in total. The highest BCUT2D eigenvalue weighted by Gasteiger charge is 2.49. The number of carbonyl (C=O) groups is 3. The van der Waals surface area contributed by atoms with Crippen molar-refractivity contribution in [3.8, 4) is 5.75 Å². The molecule has 146 valence electrons. The van der Waals surface area contributed by atoms with E-state index in [4.69, 9.17) is 4.74 Å². The van der Waals surface area contributed by atoms with E-state index >= 15 is 0 Å². The lowest BCUT2D eigenvalue weighted by atomic mass is 9.92. The normalized spacial score (nSPS) is 23.7. The van der Waals surface area contributed by atoms with Crippen LogP contribution in [0.4, 0.5) is 4.79 Å². The Bertz CT molecular complexity index is 728. The smallest absolute Gasteiger partial charge is 0.325 e. The number of hydrogen-bond donors (Lipinski definition) is 2. The molecule has 1 aliphatic heterocycles. The lowest BCUT2D eigenvalue weighted by molar-refractivity contribution is -0.135. The Morgan fingerprint density at radius 3 is 2.63 bits per heavy atom. The molecule has 2 aliphatic rings. The molecule has 3 rings (SSSR count). The summed E-state index contributed by atoms with van der Waals surface area (Å²) < 4.78 is 5.21. The maximum atomic E-state index is 12.9. The predicted octanol–water partition coefficient (Wildman–Crippen LogP) is 2.30. The summed E-state index contributed by atoms with van der Waals surface area (Å²) in [5.74, 6) is -0.127. The van der Waals surface area contributed by atoms with Crippen LogP contribution >= 0.6 is 0 Å². The van der Waals surface area contributed by atoms with Crippen LogP contribution in [-0.2, 0) is 15.1 Å². The number of rotatable bonds is 5. The van der Waals surface area contributed by atoms with Crippen molar-refractivity contribution < 1.29 is 19.1 Å². The number of ether oxygens (including phenoxy) is 1. The minimum Gasteiger partial charge on any atom is -0.497 e. The van der Waals surface area contributed by atoms with Gasteiger partial charge in [-0.05, 0) is 37.5 Å². The van der Waals surface area contributed by atoms with Crippen molar-refractivity contribution in [3.05, 3.63) is 29.8 Å². The summed E-state index contributed by atoms with van der Waals surface area (Å²) in [5.41, 5.74) is -0.597. The molecule has 1 heterocycles. The van der Waals surface area contributed by atoms with Crippen molar-refractivity contribution in [2.24, 2.45) is 0 Å². The molecule has 0 aromatic heterocycles. The van der Waals surface area contributed by atoms with Gasteiger partial charge in [-0.15, -0.1) is 0 Å². The fourth-order valence-electron chi connectivity index (χ4n) is 3.81. The van der Waals surface area contributed by atoms with E-state index in [0.29, 0.717) is 11.3 Å². The van der Waals surface area contributed by atoms with Gasteiger partial charge >= 0.3 is 6.03 Å². The van der Waals surface area contributed by atoms with Crippen molar-refractivity contribution in [1.29, 1.82) is 0 Å². The third-order valence-corrected chi connectivity index (χ3v) is 5.44. The fraction of sp³-hybridized carbons (Fsp3) is 0.550. The number of methoxy groups -OCH3 is 1. The molecule has 7 nitrogen and oxygen atoms in total. The SMILES string of the molecule is COc1cccc([C@]2(C)NC(=O)N(CC(=O)NC3CCCCCC3)C2=O)c1. The second kappa shape index (κ2) is 7.98. The lowest BCUT2D eigenvalue weighted by Gasteiger charge is -2.23. The lowest BCUT2D eigenvalue weighted by Crippen LogP contribution is -2.45. The monoisotopic (exact) mass is 373 g/mol. The van der Waals surface area contributed by atoms with E-state index in [1.807, 2.05) is 0 Å². The van der Waals surface area contributed by atoms with E-state index in [-0.39, 0.29) is 18.5 Å². The van der Waals surface area contributed by atoms with Crippen LogP contribution in [0.3, 0.4) is 0 Å². The van der Waals surface area contributed by atoms with Crippen LogP contribution in [0.2, 0.25) is 0 Å². The molecular formula is C20H27N3O4. The summed E-state index contributed by atoms with van der Waals surface area (Å²) in [6, 6.07) is 6.59. The Labute approximate surface area is 159 Å². The van der Waals surface area contributed by atoms with Gasteiger partial charge in [0.2, 0.25) is 5.91 Å². The standard InChI is InChI=1S/C20H27N3O4/c1-20(14-8-7-11-16(12-14)27-2)18(25)23(19(26)22-20)13-17(24)21-15-9-5-3-4-6-10-15/h7-8,11-12,15H,3-6,9-10,13H2,1-2H3,(H,21,24)(H,22,26)/t20-/m0/s1. The van der Waals surface area contributed by atoms with Crippen LogP contribution in [-0.4, -0.2) is 42.4 Å². The van der Waals surface area contributed by atoms with E-state index in [1.165, 1.54) is 12.8 Å². The van der Waals surface area contributed by atoms with Crippen molar-refractivity contribution in [2.45, 2.75) is 57.0 Å². The van der Waals surface area contributed by atoms with Crippen LogP contribution in [0.15, 0.2) is 24.3 Å². The minimum atomic E-state index is -1.21. The van der Waals surface area contributed by atoms with Gasteiger partial charge in [0.1, 0.15) is 17.8 Å². The van der Waals surface area contributed by atoms with Gasteiger partial charge in [0, 0.05) is 6.04 Å². The minimum absolute atomic E-state index is 0.130. The first-order chi connectivity index (χ1) is 12.9. The summed E-state index contributed by atoms with van der Waals surface area (Å²) in [6.45, 7) is 1.38. The third kappa shape index (κ3) is 4.07. The molecule has 2 fully saturated rings. The molecule has 1 saturated heterocycles. The second-order valence-electron chi connectivity index (χ2n) is 7.43.